The first-order valence-electron chi connectivity index (χ1n) is 5.88. The second kappa shape index (κ2) is 5.97. The summed E-state index contributed by atoms with van der Waals surface area (Å²) >= 11 is 0. The Balaban J connectivity index is 1.96. The summed E-state index contributed by atoms with van der Waals surface area (Å²) < 4.78 is 0. The van der Waals surface area contributed by atoms with Crippen molar-refractivity contribution in [3.8, 4) is 0 Å². The van der Waals surface area contributed by atoms with Crippen molar-refractivity contribution in [3.63, 3.8) is 0 Å². The first kappa shape index (κ1) is 13.0. The van der Waals surface area contributed by atoms with Gasteiger partial charge in [-0.05, 0) is 29.8 Å². The summed E-state index contributed by atoms with van der Waals surface area (Å²) in [6.07, 6.45) is -0.707. The van der Waals surface area contributed by atoms with Crippen LogP contribution in [0.5, 0.6) is 0 Å². The van der Waals surface area contributed by atoms with Gasteiger partial charge in [-0.15, -0.1) is 0 Å². The third-order valence-electron chi connectivity index (χ3n) is 2.76. The number of nitrogens with zero attached hydrogens (tertiary/aromatic N) is 1. The molecule has 0 radical (unpaired) electrons. The Bertz CT molecular complexity index is 540. The average molecular weight is 258 g/mol. The Kier molecular flexibility index (Phi) is 4.10. The van der Waals surface area contributed by atoms with Gasteiger partial charge in [0.1, 0.15) is 0 Å². The minimum absolute atomic E-state index is 0.0203. The molecule has 0 aliphatic carbocycles. The second-order valence-electron chi connectivity index (χ2n) is 4.11. The maximum Gasteiger partial charge on any atom is 0.269 e. The van der Waals surface area contributed by atoms with Crippen LogP contribution in [-0.4, -0.2) is 16.6 Å². The third-order valence-corrected chi connectivity index (χ3v) is 2.76. The van der Waals surface area contributed by atoms with Crippen molar-refractivity contribution >= 4 is 11.4 Å². The molecule has 2 aromatic carbocycles. The predicted molar refractivity (Wildman–Crippen MR) is 73.0 cm³/mol. The van der Waals surface area contributed by atoms with Gasteiger partial charge in [-0.3, -0.25) is 10.1 Å². The lowest BCUT2D eigenvalue weighted by atomic mass is 10.1. The number of nitro groups is 1. The molecule has 0 saturated heterocycles. The zero-order chi connectivity index (χ0) is 13.7. The van der Waals surface area contributed by atoms with Crippen LogP contribution in [0.4, 0.5) is 11.4 Å². The van der Waals surface area contributed by atoms with E-state index in [1.165, 1.54) is 12.1 Å². The van der Waals surface area contributed by atoms with Crippen LogP contribution in [-0.2, 0) is 0 Å². The van der Waals surface area contributed by atoms with E-state index in [9.17, 15) is 15.2 Å². The Morgan fingerprint density at radius 3 is 2.32 bits per heavy atom. The largest absolute Gasteiger partial charge is 0.387 e. The van der Waals surface area contributed by atoms with Crippen molar-refractivity contribution in [2.45, 2.75) is 6.10 Å². The fraction of sp³-hybridized carbons (Fsp3) is 0.143. The number of nitrogens with one attached hydrogen (secondary N) is 1. The Labute approximate surface area is 110 Å². The monoisotopic (exact) mass is 258 g/mol. The van der Waals surface area contributed by atoms with E-state index in [1.54, 1.807) is 12.1 Å². The van der Waals surface area contributed by atoms with Crippen LogP contribution in [0.15, 0.2) is 54.6 Å². The molecule has 1 atom stereocenters. The number of anilines is 1. The van der Waals surface area contributed by atoms with Gasteiger partial charge in [0.25, 0.3) is 5.69 Å². The van der Waals surface area contributed by atoms with Crippen LogP contribution in [0, 0.1) is 10.1 Å². The zero-order valence-electron chi connectivity index (χ0n) is 10.2. The molecule has 5 nitrogen and oxygen atoms in total. The highest BCUT2D eigenvalue weighted by Gasteiger charge is 2.10. The number of non-ortho nitro benzene ring substituents is 1. The molecule has 0 saturated carbocycles. The van der Waals surface area contributed by atoms with Crippen LogP contribution in [0.25, 0.3) is 0 Å². The van der Waals surface area contributed by atoms with E-state index >= 15 is 0 Å². The summed E-state index contributed by atoms with van der Waals surface area (Å²) in [5, 5.41) is 23.6. The molecule has 0 heterocycles. The number of hydrogen-bond acceptors (Lipinski definition) is 4. The van der Waals surface area contributed by atoms with Gasteiger partial charge < -0.3 is 10.4 Å². The van der Waals surface area contributed by atoms with Gasteiger partial charge in [0.2, 0.25) is 0 Å². The zero-order valence-corrected chi connectivity index (χ0v) is 10.2. The van der Waals surface area contributed by atoms with Gasteiger partial charge in [-0.25, -0.2) is 0 Å². The molecule has 0 aromatic heterocycles. The highest BCUT2D eigenvalue weighted by atomic mass is 16.6. The summed E-state index contributed by atoms with van der Waals surface area (Å²) in [7, 11) is 0. The maximum atomic E-state index is 10.5. The van der Waals surface area contributed by atoms with Crippen molar-refractivity contribution in [2.24, 2.45) is 0 Å². The third kappa shape index (κ3) is 3.53. The van der Waals surface area contributed by atoms with E-state index in [2.05, 4.69) is 5.32 Å². The molecule has 98 valence electrons. The van der Waals surface area contributed by atoms with E-state index in [1.807, 2.05) is 30.3 Å². The SMILES string of the molecule is O=[N+]([O-])c1ccc([C@@H](O)CNc2ccccc2)cc1. The molecule has 0 aliphatic rings. The maximum absolute atomic E-state index is 10.5. The summed E-state index contributed by atoms with van der Waals surface area (Å²) in [6.45, 7) is 0.349. The number of aliphatic hydroxyl groups excluding tert-OH is 1. The van der Waals surface area contributed by atoms with E-state index in [4.69, 9.17) is 0 Å². The molecule has 0 fully saturated rings. The lowest BCUT2D eigenvalue weighted by Crippen LogP contribution is -2.12. The van der Waals surface area contributed by atoms with Crippen molar-refractivity contribution in [2.75, 3.05) is 11.9 Å². The summed E-state index contributed by atoms with van der Waals surface area (Å²) in [5.74, 6) is 0. The number of nitro benzene ring substituents is 1. The van der Waals surface area contributed by atoms with E-state index in [-0.39, 0.29) is 5.69 Å². The molecule has 2 rings (SSSR count). The van der Waals surface area contributed by atoms with Gasteiger partial charge >= 0.3 is 0 Å². The molecule has 0 spiro atoms. The van der Waals surface area contributed by atoms with Gasteiger partial charge in [-0.1, -0.05) is 18.2 Å². The fourth-order valence-corrected chi connectivity index (χ4v) is 1.71. The number of para-hydroxylation sites is 1. The van der Waals surface area contributed by atoms with Crippen LogP contribution in [0.3, 0.4) is 0 Å². The van der Waals surface area contributed by atoms with E-state index < -0.39 is 11.0 Å². The second-order valence-corrected chi connectivity index (χ2v) is 4.11. The van der Waals surface area contributed by atoms with Crippen LogP contribution in [0.1, 0.15) is 11.7 Å². The summed E-state index contributed by atoms with van der Waals surface area (Å²) in [4.78, 5) is 10.1. The average Bonchev–Trinajstić information content (AvgIpc) is 2.46. The highest BCUT2D eigenvalue weighted by molar-refractivity contribution is 5.43. The van der Waals surface area contributed by atoms with Crippen LogP contribution < -0.4 is 5.32 Å². The first-order chi connectivity index (χ1) is 9.16. The predicted octanol–water partition coefficient (Wildman–Crippen LogP) is 2.74. The number of benzene rings is 2. The van der Waals surface area contributed by atoms with E-state index in [0.717, 1.165) is 5.69 Å². The van der Waals surface area contributed by atoms with Crippen molar-refractivity contribution in [3.05, 3.63) is 70.3 Å². The number of rotatable bonds is 5. The Hall–Kier alpha value is -2.40. The molecule has 5 heteroatoms. The standard InChI is InChI=1S/C14H14N2O3/c17-14(10-15-12-4-2-1-3-5-12)11-6-8-13(9-7-11)16(18)19/h1-9,14-15,17H,10H2/t14-/m0/s1. The number of aliphatic hydroxyl groups is 1. The Morgan fingerprint density at radius 1 is 1.11 bits per heavy atom. The van der Waals surface area contributed by atoms with Crippen molar-refractivity contribution < 1.29 is 10.0 Å². The molecule has 2 aromatic rings. The van der Waals surface area contributed by atoms with E-state index in [0.29, 0.717) is 12.1 Å². The number of hydrogen-bond donors (Lipinski definition) is 2. The molecule has 2 N–H and O–H groups in total. The smallest absolute Gasteiger partial charge is 0.269 e. The normalized spacial score (nSPS) is 11.8. The van der Waals surface area contributed by atoms with Crippen LogP contribution >= 0.6 is 0 Å². The molecule has 0 unspecified atom stereocenters. The summed E-state index contributed by atoms with van der Waals surface area (Å²) in [6, 6.07) is 15.4. The van der Waals surface area contributed by atoms with Crippen LogP contribution in [0.2, 0.25) is 0 Å². The fourth-order valence-electron chi connectivity index (χ4n) is 1.71. The molecular weight excluding hydrogens is 244 g/mol. The molecular formula is C14H14N2O3. The van der Waals surface area contributed by atoms with Gasteiger partial charge in [0, 0.05) is 24.4 Å². The summed E-state index contributed by atoms with van der Waals surface area (Å²) in [5.41, 5.74) is 1.59. The van der Waals surface area contributed by atoms with Gasteiger partial charge in [-0.2, -0.15) is 0 Å². The minimum atomic E-state index is -0.707. The first-order valence-corrected chi connectivity index (χ1v) is 5.88. The quantitative estimate of drug-likeness (QED) is 0.638. The lowest BCUT2D eigenvalue weighted by molar-refractivity contribution is -0.384. The van der Waals surface area contributed by atoms with Crippen molar-refractivity contribution in [1.29, 1.82) is 0 Å². The topological polar surface area (TPSA) is 75.4 Å². The van der Waals surface area contributed by atoms with Crippen molar-refractivity contribution in [1.82, 2.24) is 0 Å². The van der Waals surface area contributed by atoms with Gasteiger partial charge in [0.05, 0.1) is 11.0 Å². The highest BCUT2D eigenvalue weighted by Crippen LogP contribution is 2.18. The Morgan fingerprint density at radius 2 is 1.74 bits per heavy atom. The lowest BCUT2D eigenvalue weighted by Gasteiger charge is -2.12. The van der Waals surface area contributed by atoms with Gasteiger partial charge in [0.15, 0.2) is 0 Å². The molecule has 19 heavy (non-hydrogen) atoms. The minimum Gasteiger partial charge on any atom is -0.387 e. The molecule has 0 amide bonds. The molecule has 0 bridgehead atoms. The molecule has 0 aliphatic heterocycles.